The van der Waals surface area contributed by atoms with Crippen molar-refractivity contribution in [3.63, 3.8) is 0 Å². The maximum atomic E-state index is 13.0. The third-order valence-electron chi connectivity index (χ3n) is 4.69. The number of carbonyl (C=O) groups is 1. The Kier molecular flexibility index (Phi) is 6.17. The number of fused-ring (bicyclic) bond motifs is 1. The van der Waals surface area contributed by atoms with E-state index in [9.17, 15) is 4.79 Å². The Balaban J connectivity index is 1.91. The maximum absolute atomic E-state index is 13.0. The van der Waals surface area contributed by atoms with Crippen LogP contribution in [0.4, 0.5) is 5.69 Å². The largest absolute Gasteiger partial charge is 0.496 e. The van der Waals surface area contributed by atoms with Crippen molar-refractivity contribution >= 4 is 23.6 Å². The molecule has 0 fully saturated rings. The molecule has 1 aliphatic heterocycles. The average Bonchev–Trinajstić information content (AvgIpc) is 2.74. The van der Waals surface area contributed by atoms with E-state index in [0.29, 0.717) is 29.4 Å². The van der Waals surface area contributed by atoms with Gasteiger partial charge in [-0.25, -0.2) is 0 Å². The fourth-order valence-electron chi connectivity index (χ4n) is 3.18. The van der Waals surface area contributed by atoms with Gasteiger partial charge in [-0.05, 0) is 61.9 Å². The Morgan fingerprint density at radius 1 is 1.20 bits per heavy atom. The van der Waals surface area contributed by atoms with E-state index in [2.05, 4.69) is 11.2 Å². The van der Waals surface area contributed by atoms with Gasteiger partial charge in [0.1, 0.15) is 22.8 Å². The number of anilines is 1. The minimum atomic E-state index is -0.508. The highest BCUT2D eigenvalue weighted by atomic mass is 16.5. The monoisotopic (exact) mass is 403 g/mol. The van der Waals surface area contributed by atoms with Gasteiger partial charge in [0.2, 0.25) is 0 Å². The number of methoxy groups -OCH3 is 2. The number of ketones is 1. The number of carbonyl (C=O) groups excluding carboxylic acids is 1. The number of benzene rings is 2. The van der Waals surface area contributed by atoms with E-state index in [4.69, 9.17) is 20.6 Å². The van der Waals surface area contributed by atoms with Gasteiger partial charge in [0.05, 0.1) is 37.6 Å². The van der Waals surface area contributed by atoms with Crippen LogP contribution in [0.3, 0.4) is 0 Å². The van der Waals surface area contributed by atoms with Crippen LogP contribution in [0, 0.1) is 12.3 Å². The number of hydrogen-bond donors (Lipinski definition) is 1. The summed E-state index contributed by atoms with van der Waals surface area (Å²) in [5.41, 5.74) is 2.35. The predicted molar refractivity (Wildman–Crippen MR) is 120 cm³/mol. The standard InChI is InChI=1S/C25H25NO4/c1-6-15-26-20-16-17(8-11-23(20)29-5)7-10-21(27)18-9-12-22(28-4)19-13-14-25(2,3)30-24(18)19/h1,7-14,16,26H,15H2,2-5H3/b10-7+. The van der Waals surface area contributed by atoms with Crippen molar-refractivity contribution < 1.29 is 19.0 Å². The molecule has 1 heterocycles. The molecule has 1 N–H and O–H groups in total. The molecule has 30 heavy (non-hydrogen) atoms. The van der Waals surface area contributed by atoms with Crippen LogP contribution in [0.15, 0.2) is 42.5 Å². The second-order valence-electron chi connectivity index (χ2n) is 7.31. The molecular formula is C25H25NO4. The van der Waals surface area contributed by atoms with Crippen LogP contribution in [-0.2, 0) is 0 Å². The number of rotatable bonds is 7. The van der Waals surface area contributed by atoms with Gasteiger partial charge < -0.3 is 19.5 Å². The lowest BCUT2D eigenvalue weighted by atomic mass is 9.97. The Labute approximate surface area is 177 Å². The van der Waals surface area contributed by atoms with Crippen molar-refractivity contribution in [2.24, 2.45) is 0 Å². The van der Waals surface area contributed by atoms with Crippen molar-refractivity contribution in [2.45, 2.75) is 19.4 Å². The number of ether oxygens (including phenoxy) is 3. The molecular weight excluding hydrogens is 378 g/mol. The van der Waals surface area contributed by atoms with Gasteiger partial charge in [-0.2, -0.15) is 0 Å². The van der Waals surface area contributed by atoms with Gasteiger partial charge in [0.15, 0.2) is 5.78 Å². The number of hydrogen-bond acceptors (Lipinski definition) is 5. The fourth-order valence-corrected chi connectivity index (χ4v) is 3.18. The SMILES string of the molecule is C#CCNc1cc(/C=C/C(=O)c2ccc(OC)c3c2OC(C)(C)C=C3)ccc1OC. The number of terminal acetylenes is 1. The summed E-state index contributed by atoms with van der Waals surface area (Å²) in [6.45, 7) is 4.26. The van der Waals surface area contributed by atoms with Crippen LogP contribution in [0.5, 0.6) is 17.2 Å². The quantitative estimate of drug-likeness (QED) is 0.408. The Morgan fingerprint density at radius 2 is 1.93 bits per heavy atom. The molecule has 1 aliphatic rings. The lowest BCUT2D eigenvalue weighted by Crippen LogP contribution is -2.28. The summed E-state index contributed by atoms with van der Waals surface area (Å²) in [6.07, 6.45) is 12.5. The van der Waals surface area contributed by atoms with E-state index >= 15 is 0 Å². The molecule has 0 bridgehead atoms. The first-order valence-electron chi connectivity index (χ1n) is 9.55. The maximum Gasteiger partial charge on any atom is 0.189 e. The summed E-state index contributed by atoms with van der Waals surface area (Å²) < 4.78 is 16.9. The van der Waals surface area contributed by atoms with Crippen molar-refractivity contribution in [1.29, 1.82) is 0 Å². The van der Waals surface area contributed by atoms with Gasteiger partial charge in [0.25, 0.3) is 0 Å². The van der Waals surface area contributed by atoms with E-state index in [1.165, 1.54) is 6.08 Å². The zero-order valence-electron chi connectivity index (χ0n) is 17.6. The highest BCUT2D eigenvalue weighted by molar-refractivity contribution is 6.09. The molecule has 154 valence electrons. The highest BCUT2D eigenvalue weighted by Gasteiger charge is 2.27. The summed E-state index contributed by atoms with van der Waals surface area (Å²) in [7, 11) is 3.19. The summed E-state index contributed by atoms with van der Waals surface area (Å²) in [5.74, 6) is 4.25. The van der Waals surface area contributed by atoms with Gasteiger partial charge in [-0.1, -0.05) is 18.1 Å². The molecule has 0 aliphatic carbocycles. The molecule has 5 nitrogen and oxygen atoms in total. The average molecular weight is 403 g/mol. The normalized spacial score (nSPS) is 13.8. The first kappa shape index (κ1) is 21.1. The number of allylic oxidation sites excluding steroid dienone is 1. The molecule has 2 aromatic rings. The Morgan fingerprint density at radius 3 is 2.63 bits per heavy atom. The van der Waals surface area contributed by atoms with Gasteiger partial charge in [-0.15, -0.1) is 6.42 Å². The van der Waals surface area contributed by atoms with Gasteiger partial charge in [0, 0.05) is 0 Å². The third kappa shape index (κ3) is 4.49. The lowest BCUT2D eigenvalue weighted by Gasteiger charge is -2.29. The van der Waals surface area contributed by atoms with Crippen molar-refractivity contribution in [3.8, 4) is 29.6 Å². The second kappa shape index (κ2) is 8.79. The van der Waals surface area contributed by atoms with E-state index in [-0.39, 0.29) is 5.78 Å². The molecule has 3 rings (SSSR count). The molecule has 0 saturated heterocycles. The molecule has 0 amide bonds. The zero-order valence-corrected chi connectivity index (χ0v) is 17.6. The molecule has 0 spiro atoms. The van der Waals surface area contributed by atoms with Crippen LogP contribution in [0.1, 0.15) is 35.3 Å². The minimum Gasteiger partial charge on any atom is -0.496 e. The minimum absolute atomic E-state index is 0.158. The van der Waals surface area contributed by atoms with Crippen LogP contribution < -0.4 is 19.5 Å². The summed E-state index contributed by atoms with van der Waals surface area (Å²) in [4.78, 5) is 13.0. The second-order valence-corrected chi connectivity index (χ2v) is 7.31. The Hall–Kier alpha value is -3.65. The van der Waals surface area contributed by atoms with Crippen LogP contribution >= 0.6 is 0 Å². The van der Waals surface area contributed by atoms with E-state index in [1.54, 1.807) is 32.4 Å². The van der Waals surface area contributed by atoms with Gasteiger partial charge in [-0.3, -0.25) is 4.79 Å². The van der Waals surface area contributed by atoms with Gasteiger partial charge >= 0.3 is 0 Å². The topological polar surface area (TPSA) is 56.8 Å². The fraction of sp³-hybridized carbons (Fsp3) is 0.240. The molecule has 0 saturated carbocycles. The summed E-state index contributed by atoms with van der Waals surface area (Å²) >= 11 is 0. The molecule has 0 radical (unpaired) electrons. The van der Waals surface area contributed by atoms with Crippen molar-refractivity contribution in [2.75, 3.05) is 26.1 Å². The van der Waals surface area contributed by atoms with Crippen LogP contribution in [0.25, 0.3) is 12.2 Å². The molecule has 5 heteroatoms. The van der Waals surface area contributed by atoms with Crippen molar-refractivity contribution in [3.05, 3.63) is 59.2 Å². The molecule has 0 unspecified atom stereocenters. The molecule has 0 aromatic heterocycles. The van der Waals surface area contributed by atoms with E-state index < -0.39 is 5.60 Å². The molecule has 2 aromatic carbocycles. The first-order chi connectivity index (χ1) is 14.4. The van der Waals surface area contributed by atoms with Crippen molar-refractivity contribution in [1.82, 2.24) is 0 Å². The predicted octanol–water partition coefficient (Wildman–Crippen LogP) is 4.83. The zero-order chi connectivity index (χ0) is 21.7. The van der Waals surface area contributed by atoms with Crippen LogP contribution in [-0.4, -0.2) is 32.1 Å². The summed E-state index contributed by atoms with van der Waals surface area (Å²) in [6, 6.07) is 9.09. The van der Waals surface area contributed by atoms with E-state index in [1.807, 2.05) is 44.2 Å². The lowest BCUT2D eigenvalue weighted by molar-refractivity contribution is 0.103. The molecule has 0 atom stereocenters. The third-order valence-corrected chi connectivity index (χ3v) is 4.69. The smallest absolute Gasteiger partial charge is 0.189 e. The highest BCUT2D eigenvalue weighted by Crippen LogP contribution is 2.40. The Bertz CT molecular complexity index is 1060. The summed E-state index contributed by atoms with van der Waals surface area (Å²) in [5, 5.41) is 3.11. The van der Waals surface area contributed by atoms with E-state index in [0.717, 1.165) is 16.8 Å². The first-order valence-corrected chi connectivity index (χ1v) is 9.55. The number of nitrogens with one attached hydrogen (secondary N) is 1. The van der Waals surface area contributed by atoms with Crippen LogP contribution in [0.2, 0.25) is 0 Å².